The summed E-state index contributed by atoms with van der Waals surface area (Å²) in [6.07, 6.45) is 8.34. The van der Waals surface area contributed by atoms with Gasteiger partial charge >= 0.3 is 0 Å². The smallest absolute Gasteiger partial charge is 0.167 e. The molecule has 0 bridgehead atoms. The summed E-state index contributed by atoms with van der Waals surface area (Å²) in [6, 6.07) is 0. The van der Waals surface area contributed by atoms with E-state index in [4.69, 9.17) is 4.74 Å². The molecule has 0 amide bonds. The van der Waals surface area contributed by atoms with E-state index in [1.807, 2.05) is 11.8 Å². The molecule has 1 spiro atoms. The first-order valence-electron chi connectivity index (χ1n) is 8.12. The minimum Gasteiger partial charge on any atom is -0.382 e. The van der Waals surface area contributed by atoms with Crippen LogP contribution in [0.3, 0.4) is 0 Å². The van der Waals surface area contributed by atoms with Crippen molar-refractivity contribution in [2.45, 2.75) is 69.0 Å². The number of ether oxygens (including phenoxy) is 1. The summed E-state index contributed by atoms with van der Waals surface area (Å²) in [5, 5.41) is 10.8. The number of Topliss-reactive ketones (excluding diaryl/α,β-unsaturated/α-hetero) is 1. The van der Waals surface area contributed by atoms with Crippen molar-refractivity contribution in [2.24, 2.45) is 5.92 Å². The van der Waals surface area contributed by atoms with Gasteiger partial charge in [-0.2, -0.15) is 11.8 Å². The molecule has 4 heteroatoms. The molecule has 0 aromatic carbocycles. The zero-order valence-electron chi connectivity index (χ0n) is 12.2. The number of aliphatic hydroxyl groups is 1. The lowest BCUT2D eigenvalue weighted by atomic mass is 9.75. The van der Waals surface area contributed by atoms with E-state index >= 15 is 0 Å². The lowest BCUT2D eigenvalue weighted by molar-refractivity contribution is -0.153. The van der Waals surface area contributed by atoms with E-state index in [1.165, 1.54) is 0 Å². The number of thioether (sulfide) groups is 1. The molecule has 3 fully saturated rings. The summed E-state index contributed by atoms with van der Waals surface area (Å²) in [4.78, 5) is 12.9. The van der Waals surface area contributed by atoms with Crippen molar-refractivity contribution < 1.29 is 14.6 Å². The highest BCUT2D eigenvalue weighted by Crippen LogP contribution is 2.42. The number of rotatable bonds is 2. The Kier molecular flexibility index (Phi) is 4.44. The summed E-state index contributed by atoms with van der Waals surface area (Å²) in [6.45, 7) is 0.688. The highest BCUT2D eigenvalue weighted by molar-refractivity contribution is 7.99. The van der Waals surface area contributed by atoms with Crippen molar-refractivity contribution in [1.29, 1.82) is 0 Å². The summed E-state index contributed by atoms with van der Waals surface area (Å²) in [5.41, 5.74) is -1.10. The molecule has 0 aromatic heterocycles. The maximum atomic E-state index is 12.9. The van der Waals surface area contributed by atoms with E-state index in [0.29, 0.717) is 19.4 Å². The highest BCUT2D eigenvalue weighted by Gasteiger charge is 2.47. The lowest BCUT2D eigenvalue weighted by Crippen LogP contribution is -2.48. The van der Waals surface area contributed by atoms with Gasteiger partial charge in [-0.05, 0) is 37.9 Å². The largest absolute Gasteiger partial charge is 0.382 e. The SMILES string of the molecule is O=C(C1CCOC2(CCSC2)C1)C1(O)CCCCCC1. The van der Waals surface area contributed by atoms with Crippen molar-refractivity contribution in [1.82, 2.24) is 0 Å². The first-order valence-corrected chi connectivity index (χ1v) is 9.28. The van der Waals surface area contributed by atoms with Crippen LogP contribution in [0.1, 0.15) is 57.8 Å². The fraction of sp³-hybridized carbons (Fsp3) is 0.938. The van der Waals surface area contributed by atoms with Gasteiger partial charge in [0.2, 0.25) is 0 Å². The quantitative estimate of drug-likeness (QED) is 0.796. The van der Waals surface area contributed by atoms with Gasteiger partial charge in [0.05, 0.1) is 5.60 Å². The second kappa shape index (κ2) is 5.98. The Bertz CT molecular complexity index is 355. The second-order valence-electron chi connectivity index (χ2n) is 6.83. The number of ketones is 1. The molecule has 0 radical (unpaired) electrons. The van der Waals surface area contributed by atoms with Crippen LogP contribution in [0, 0.1) is 5.92 Å². The molecule has 20 heavy (non-hydrogen) atoms. The van der Waals surface area contributed by atoms with Crippen LogP contribution in [-0.2, 0) is 9.53 Å². The van der Waals surface area contributed by atoms with E-state index in [-0.39, 0.29) is 17.3 Å². The van der Waals surface area contributed by atoms with Crippen LogP contribution in [0.2, 0.25) is 0 Å². The Labute approximate surface area is 125 Å². The Morgan fingerprint density at radius 1 is 1.15 bits per heavy atom. The van der Waals surface area contributed by atoms with Crippen LogP contribution < -0.4 is 0 Å². The second-order valence-corrected chi connectivity index (χ2v) is 7.94. The molecule has 2 unspecified atom stereocenters. The topological polar surface area (TPSA) is 46.5 Å². The van der Waals surface area contributed by atoms with E-state index in [1.54, 1.807) is 0 Å². The van der Waals surface area contributed by atoms with Gasteiger partial charge in [0.15, 0.2) is 5.78 Å². The van der Waals surface area contributed by atoms with Crippen LogP contribution in [0.25, 0.3) is 0 Å². The maximum Gasteiger partial charge on any atom is 0.167 e. The summed E-state index contributed by atoms with van der Waals surface area (Å²) in [7, 11) is 0. The lowest BCUT2D eigenvalue weighted by Gasteiger charge is -2.39. The fourth-order valence-corrected chi connectivity index (χ4v) is 5.43. The van der Waals surface area contributed by atoms with Gasteiger partial charge in [-0.25, -0.2) is 0 Å². The predicted octanol–water partition coefficient (Wildman–Crippen LogP) is 2.94. The van der Waals surface area contributed by atoms with Crippen molar-refractivity contribution in [2.75, 3.05) is 18.1 Å². The Morgan fingerprint density at radius 3 is 2.55 bits per heavy atom. The van der Waals surface area contributed by atoms with E-state index < -0.39 is 5.60 Å². The van der Waals surface area contributed by atoms with Crippen molar-refractivity contribution in [3.63, 3.8) is 0 Å². The van der Waals surface area contributed by atoms with E-state index in [2.05, 4.69) is 0 Å². The molecule has 2 heterocycles. The number of carbonyl (C=O) groups is 1. The Morgan fingerprint density at radius 2 is 1.90 bits per heavy atom. The average Bonchev–Trinajstić information content (AvgIpc) is 2.77. The highest BCUT2D eigenvalue weighted by atomic mass is 32.2. The van der Waals surface area contributed by atoms with E-state index in [9.17, 15) is 9.90 Å². The summed E-state index contributed by atoms with van der Waals surface area (Å²) >= 11 is 1.93. The predicted molar refractivity (Wildman–Crippen MR) is 81.0 cm³/mol. The number of hydrogen-bond acceptors (Lipinski definition) is 4. The minimum atomic E-state index is -1.04. The molecule has 1 aliphatic carbocycles. The molecule has 2 atom stereocenters. The first kappa shape index (κ1) is 14.9. The molecular weight excluding hydrogens is 272 g/mol. The zero-order valence-corrected chi connectivity index (χ0v) is 13.1. The molecule has 2 aliphatic heterocycles. The monoisotopic (exact) mass is 298 g/mol. The summed E-state index contributed by atoms with van der Waals surface area (Å²) < 4.78 is 6.00. The van der Waals surface area contributed by atoms with Crippen molar-refractivity contribution in [3.8, 4) is 0 Å². The van der Waals surface area contributed by atoms with Gasteiger partial charge in [0.1, 0.15) is 5.60 Å². The molecule has 1 N–H and O–H groups in total. The van der Waals surface area contributed by atoms with Gasteiger partial charge in [0.25, 0.3) is 0 Å². The summed E-state index contributed by atoms with van der Waals surface area (Å²) in [5.74, 6) is 2.31. The van der Waals surface area contributed by atoms with Gasteiger partial charge in [-0.15, -0.1) is 0 Å². The van der Waals surface area contributed by atoms with Crippen LogP contribution in [0.4, 0.5) is 0 Å². The van der Waals surface area contributed by atoms with Crippen molar-refractivity contribution in [3.05, 3.63) is 0 Å². The molecule has 114 valence electrons. The molecule has 3 nitrogen and oxygen atoms in total. The van der Waals surface area contributed by atoms with Crippen LogP contribution in [0.5, 0.6) is 0 Å². The third-order valence-corrected chi connectivity index (χ3v) is 6.54. The number of hydrogen-bond donors (Lipinski definition) is 1. The number of carbonyl (C=O) groups excluding carboxylic acids is 1. The van der Waals surface area contributed by atoms with Crippen LogP contribution >= 0.6 is 11.8 Å². The maximum absolute atomic E-state index is 12.9. The molecule has 3 rings (SSSR count). The van der Waals surface area contributed by atoms with Gasteiger partial charge < -0.3 is 9.84 Å². The van der Waals surface area contributed by atoms with E-state index in [0.717, 1.165) is 56.5 Å². The van der Waals surface area contributed by atoms with Gasteiger partial charge in [-0.3, -0.25) is 4.79 Å². The normalized spacial score (nSPS) is 37.8. The third-order valence-electron chi connectivity index (χ3n) is 5.32. The van der Waals surface area contributed by atoms with Crippen molar-refractivity contribution >= 4 is 17.5 Å². The Hall–Kier alpha value is -0.0600. The third kappa shape index (κ3) is 2.93. The van der Waals surface area contributed by atoms with Gasteiger partial charge in [0, 0.05) is 18.3 Å². The minimum absolute atomic E-state index is 0.0190. The Balaban J connectivity index is 1.69. The van der Waals surface area contributed by atoms with Gasteiger partial charge in [-0.1, -0.05) is 25.7 Å². The molecule has 1 saturated carbocycles. The van der Waals surface area contributed by atoms with Crippen LogP contribution in [0.15, 0.2) is 0 Å². The fourth-order valence-electron chi connectivity index (χ4n) is 4.05. The average molecular weight is 298 g/mol. The standard InChI is InChI=1S/C16H26O3S/c17-14(16(18)6-3-1-2-4-7-16)13-5-9-19-15(11-13)8-10-20-12-15/h13,18H,1-12H2. The molecule has 0 aromatic rings. The molecule has 3 aliphatic rings. The zero-order chi connectivity index (χ0) is 14.1. The molecular formula is C16H26O3S. The molecule has 2 saturated heterocycles. The van der Waals surface area contributed by atoms with Crippen LogP contribution in [-0.4, -0.2) is 40.2 Å². The first-order chi connectivity index (χ1) is 9.64.